The summed E-state index contributed by atoms with van der Waals surface area (Å²) in [7, 11) is -4.02. The lowest BCUT2D eigenvalue weighted by molar-refractivity contribution is 0.124. The highest BCUT2D eigenvalue weighted by Gasteiger charge is 2.46. The number of fused-ring (bicyclic) bond motifs is 4. The molecule has 2 aliphatic rings. The van der Waals surface area contributed by atoms with Crippen LogP contribution in [0.5, 0.6) is 11.5 Å². The smallest absolute Gasteiger partial charge is 0.341 e. The number of aromatic nitrogens is 1. The minimum absolute atomic E-state index is 0.0466. The first kappa shape index (κ1) is 17.5. The highest BCUT2D eigenvalue weighted by molar-refractivity contribution is 7.87. The number of benzene rings is 2. The van der Waals surface area contributed by atoms with Gasteiger partial charge in [0.2, 0.25) is 0 Å². The Morgan fingerprint density at radius 1 is 1.21 bits per heavy atom. The Kier molecular flexibility index (Phi) is 3.86. The van der Waals surface area contributed by atoms with Crippen LogP contribution < -0.4 is 14.2 Å². The first-order chi connectivity index (χ1) is 13.5. The van der Waals surface area contributed by atoms with Crippen LogP contribution in [0.2, 0.25) is 0 Å². The van der Waals surface area contributed by atoms with E-state index in [0.29, 0.717) is 5.52 Å². The molecule has 6 nitrogen and oxygen atoms in total. The van der Waals surface area contributed by atoms with Crippen LogP contribution in [0.1, 0.15) is 18.9 Å². The van der Waals surface area contributed by atoms with Crippen LogP contribution in [0.4, 0.5) is 0 Å². The monoisotopic (exact) mass is 396 g/mol. The molecular weight excluding hydrogens is 376 g/mol. The summed E-state index contributed by atoms with van der Waals surface area (Å²) < 4.78 is 37.5. The lowest BCUT2D eigenvalue weighted by Gasteiger charge is -2.35. The Hall–Kier alpha value is -2.64. The van der Waals surface area contributed by atoms with E-state index in [4.69, 9.17) is 8.92 Å². The lowest BCUT2D eigenvalue weighted by atomic mass is 9.74. The van der Waals surface area contributed by atoms with Crippen LogP contribution in [0.3, 0.4) is 0 Å². The maximum atomic E-state index is 13.0. The van der Waals surface area contributed by atoms with Gasteiger partial charge >= 0.3 is 10.1 Å². The number of nitrogens with one attached hydrogen (secondary N) is 1. The first-order valence-electron chi connectivity index (χ1n) is 9.27. The lowest BCUT2D eigenvalue weighted by Crippen LogP contribution is -2.49. The largest absolute Gasteiger partial charge is 0.488 e. The van der Waals surface area contributed by atoms with Crippen molar-refractivity contribution >= 4 is 21.0 Å². The second-order valence-corrected chi connectivity index (χ2v) is 9.02. The zero-order valence-corrected chi connectivity index (χ0v) is 16.2. The SMILES string of the molecule is CC12CCNCC1Oc1ccc(OS(=O)(=O)c3cccc4cccnc34)cc12. The summed E-state index contributed by atoms with van der Waals surface area (Å²) >= 11 is 0. The van der Waals surface area contributed by atoms with Gasteiger partial charge in [0.05, 0.1) is 5.52 Å². The summed E-state index contributed by atoms with van der Waals surface area (Å²) in [5.74, 6) is 1.09. The highest BCUT2D eigenvalue weighted by Crippen LogP contribution is 2.47. The van der Waals surface area contributed by atoms with Crippen molar-refractivity contribution in [3.63, 3.8) is 0 Å². The van der Waals surface area contributed by atoms with E-state index in [1.165, 1.54) is 6.07 Å². The summed E-state index contributed by atoms with van der Waals surface area (Å²) in [5.41, 5.74) is 1.26. The van der Waals surface area contributed by atoms with Crippen LogP contribution in [-0.2, 0) is 15.5 Å². The van der Waals surface area contributed by atoms with Gasteiger partial charge in [0.15, 0.2) is 0 Å². The van der Waals surface area contributed by atoms with Crippen LogP contribution in [0.15, 0.2) is 59.6 Å². The van der Waals surface area contributed by atoms with Crippen molar-refractivity contribution in [1.82, 2.24) is 10.3 Å². The molecule has 1 saturated heterocycles. The molecule has 144 valence electrons. The van der Waals surface area contributed by atoms with E-state index in [9.17, 15) is 8.42 Å². The summed E-state index contributed by atoms with van der Waals surface area (Å²) in [4.78, 5) is 4.29. The van der Waals surface area contributed by atoms with Gasteiger partial charge in [0, 0.05) is 29.1 Å². The van der Waals surface area contributed by atoms with E-state index in [0.717, 1.165) is 36.2 Å². The molecule has 2 atom stereocenters. The maximum Gasteiger partial charge on any atom is 0.341 e. The van der Waals surface area contributed by atoms with Crippen LogP contribution in [-0.4, -0.2) is 32.6 Å². The van der Waals surface area contributed by atoms with Crippen LogP contribution >= 0.6 is 0 Å². The van der Waals surface area contributed by atoms with E-state index in [1.54, 1.807) is 36.5 Å². The molecule has 5 rings (SSSR count). The molecule has 2 aliphatic heterocycles. The molecule has 1 fully saturated rings. The number of ether oxygens (including phenoxy) is 1. The number of pyridine rings is 1. The van der Waals surface area contributed by atoms with Crippen molar-refractivity contribution in [1.29, 1.82) is 0 Å². The Morgan fingerprint density at radius 2 is 2.07 bits per heavy atom. The number of para-hydroxylation sites is 1. The molecule has 28 heavy (non-hydrogen) atoms. The molecule has 0 saturated carbocycles. The zero-order chi connectivity index (χ0) is 19.4. The van der Waals surface area contributed by atoms with Gasteiger partial charge in [0.1, 0.15) is 22.5 Å². The molecule has 2 unspecified atom stereocenters. The van der Waals surface area contributed by atoms with E-state index >= 15 is 0 Å². The molecule has 0 amide bonds. The molecule has 0 bridgehead atoms. The predicted molar refractivity (Wildman–Crippen MR) is 105 cm³/mol. The van der Waals surface area contributed by atoms with Crippen molar-refractivity contribution in [3.8, 4) is 11.5 Å². The minimum atomic E-state index is -4.02. The fraction of sp³-hybridized carbons (Fsp3) is 0.286. The molecule has 3 heterocycles. The second-order valence-electron chi connectivity index (χ2n) is 7.50. The van der Waals surface area contributed by atoms with Crippen LogP contribution in [0.25, 0.3) is 10.9 Å². The van der Waals surface area contributed by atoms with Gasteiger partial charge < -0.3 is 14.2 Å². The van der Waals surface area contributed by atoms with E-state index < -0.39 is 10.1 Å². The standard InChI is InChI=1S/C21H20N2O4S/c1-21-9-11-22-13-19(21)26-17-8-7-15(12-16(17)21)27-28(24,25)18-6-2-4-14-5-3-10-23-20(14)18/h2-8,10,12,19,22H,9,11,13H2,1H3. The molecule has 2 aromatic carbocycles. The number of hydrogen-bond acceptors (Lipinski definition) is 6. The third-order valence-corrected chi connectivity index (χ3v) is 7.05. The molecule has 1 aromatic heterocycles. The third-order valence-electron chi connectivity index (χ3n) is 5.77. The molecule has 0 spiro atoms. The highest BCUT2D eigenvalue weighted by atomic mass is 32.2. The molecule has 3 aromatic rings. The quantitative estimate of drug-likeness (QED) is 0.686. The predicted octanol–water partition coefficient (Wildman–Crippen LogP) is 3.01. The summed E-state index contributed by atoms with van der Waals surface area (Å²) in [5, 5.41) is 4.10. The average molecular weight is 396 g/mol. The Morgan fingerprint density at radius 3 is 2.96 bits per heavy atom. The van der Waals surface area contributed by atoms with Crippen molar-refractivity contribution in [3.05, 3.63) is 60.3 Å². The Bertz CT molecular complexity index is 1170. The van der Waals surface area contributed by atoms with Crippen molar-refractivity contribution in [2.75, 3.05) is 13.1 Å². The zero-order valence-electron chi connectivity index (χ0n) is 15.4. The first-order valence-corrected chi connectivity index (χ1v) is 10.7. The van der Waals surface area contributed by atoms with Gasteiger partial charge in [-0.15, -0.1) is 0 Å². The van der Waals surface area contributed by atoms with Gasteiger partial charge in [-0.05, 0) is 43.3 Å². The fourth-order valence-corrected chi connectivity index (χ4v) is 5.26. The van der Waals surface area contributed by atoms with Crippen molar-refractivity contribution in [2.24, 2.45) is 0 Å². The van der Waals surface area contributed by atoms with Gasteiger partial charge in [0.25, 0.3) is 0 Å². The van der Waals surface area contributed by atoms with Crippen LogP contribution in [0, 0.1) is 0 Å². The number of rotatable bonds is 3. The second kappa shape index (κ2) is 6.18. The summed E-state index contributed by atoms with van der Waals surface area (Å²) in [6.45, 7) is 3.85. The molecule has 0 aliphatic carbocycles. The Labute approximate surface area is 163 Å². The normalized spacial score (nSPS) is 23.7. The number of hydrogen-bond donors (Lipinski definition) is 1. The topological polar surface area (TPSA) is 77.5 Å². The molecular formula is C21H20N2O4S. The number of nitrogens with zero attached hydrogens (tertiary/aromatic N) is 1. The fourth-order valence-electron chi connectivity index (χ4n) is 4.16. The van der Waals surface area contributed by atoms with E-state index in [1.807, 2.05) is 12.1 Å². The molecule has 0 radical (unpaired) electrons. The number of piperidine rings is 1. The minimum Gasteiger partial charge on any atom is -0.488 e. The summed E-state index contributed by atoms with van der Waals surface area (Å²) in [6.07, 6.45) is 2.55. The van der Waals surface area contributed by atoms with Gasteiger partial charge in [-0.1, -0.05) is 25.1 Å². The van der Waals surface area contributed by atoms with E-state index in [-0.39, 0.29) is 22.2 Å². The van der Waals surface area contributed by atoms with Gasteiger partial charge in [-0.3, -0.25) is 4.98 Å². The third kappa shape index (κ3) is 2.65. The van der Waals surface area contributed by atoms with E-state index in [2.05, 4.69) is 17.2 Å². The van der Waals surface area contributed by atoms with Crippen molar-refractivity contribution in [2.45, 2.75) is 29.8 Å². The molecule has 1 N–H and O–H groups in total. The Balaban J connectivity index is 1.53. The average Bonchev–Trinajstić information content (AvgIpc) is 2.99. The maximum absolute atomic E-state index is 13.0. The summed E-state index contributed by atoms with van der Waals surface area (Å²) in [6, 6.07) is 13.9. The van der Waals surface area contributed by atoms with Crippen molar-refractivity contribution < 1.29 is 17.3 Å². The van der Waals surface area contributed by atoms with Gasteiger partial charge in [-0.25, -0.2) is 0 Å². The molecule has 7 heteroatoms. The van der Waals surface area contributed by atoms with Gasteiger partial charge in [-0.2, -0.15) is 8.42 Å².